The topological polar surface area (TPSA) is 71.8 Å². The molecule has 3 rings (SSSR count). The highest BCUT2D eigenvalue weighted by molar-refractivity contribution is 5.92. The Balaban J connectivity index is 0.00000182. The molecule has 0 saturated carbocycles. The fourth-order valence-corrected chi connectivity index (χ4v) is 3.23. The second-order valence-corrected chi connectivity index (χ2v) is 6.69. The monoisotopic (exact) mass is 413 g/mol. The smallest absolute Gasteiger partial charge is 0.224 e. The predicted octanol–water partition coefficient (Wildman–Crippen LogP) is 3.76. The second kappa shape index (κ2) is 11.3. The van der Waals surface area contributed by atoms with Gasteiger partial charge in [0.25, 0.3) is 0 Å². The first-order chi connectivity index (χ1) is 12.2. The van der Waals surface area contributed by atoms with E-state index in [1.165, 1.54) is 19.3 Å². The SMILES string of the molecule is CNCCCC(=O)Nc1cc(-c2nnc3n2CCCCC3)ccc1C.Cl.Cl. The molecule has 150 valence electrons. The number of rotatable bonds is 6. The number of amides is 1. The van der Waals surface area contributed by atoms with Crippen LogP contribution in [0.15, 0.2) is 18.2 Å². The standard InChI is InChI=1S/C19H27N5O.2ClH/c1-14-9-10-15(13-16(14)21-18(25)8-6-11-20-2)19-23-22-17-7-4-3-5-12-24(17)19;;/h9-10,13,20H,3-8,11-12H2,1-2H3,(H,21,25);2*1H. The molecule has 1 aromatic carbocycles. The van der Waals surface area contributed by atoms with E-state index in [0.717, 1.165) is 54.4 Å². The summed E-state index contributed by atoms with van der Waals surface area (Å²) in [5.74, 6) is 2.03. The Hall–Kier alpha value is -1.63. The molecule has 2 aromatic rings. The number of carbonyl (C=O) groups is 1. The van der Waals surface area contributed by atoms with E-state index in [2.05, 4.69) is 31.5 Å². The molecule has 1 amide bonds. The Bertz CT molecular complexity index is 748. The Labute approximate surface area is 173 Å². The number of carbonyl (C=O) groups excluding carboxylic acids is 1. The van der Waals surface area contributed by atoms with Crippen molar-refractivity contribution in [2.24, 2.45) is 0 Å². The number of nitrogens with zero attached hydrogens (tertiary/aromatic N) is 3. The van der Waals surface area contributed by atoms with Crippen molar-refractivity contribution in [3.8, 4) is 11.4 Å². The third-order valence-electron chi connectivity index (χ3n) is 4.71. The molecule has 0 radical (unpaired) electrons. The number of anilines is 1. The molecule has 0 unspecified atom stereocenters. The number of hydrogen-bond acceptors (Lipinski definition) is 4. The molecule has 0 fully saturated rings. The first-order valence-electron chi connectivity index (χ1n) is 9.16. The van der Waals surface area contributed by atoms with E-state index in [9.17, 15) is 4.79 Å². The third-order valence-corrected chi connectivity index (χ3v) is 4.71. The van der Waals surface area contributed by atoms with E-state index >= 15 is 0 Å². The van der Waals surface area contributed by atoms with E-state index in [1.54, 1.807) is 0 Å². The van der Waals surface area contributed by atoms with Gasteiger partial charge in [-0.25, -0.2) is 0 Å². The van der Waals surface area contributed by atoms with E-state index in [-0.39, 0.29) is 30.7 Å². The predicted molar refractivity (Wildman–Crippen MR) is 114 cm³/mol. The maximum atomic E-state index is 12.1. The molecule has 2 N–H and O–H groups in total. The first kappa shape index (κ1) is 23.4. The molecule has 0 atom stereocenters. The zero-order valence-electron chi connectivity index (χ0n) is 16.0. The Morgan fingerprint density at radius 2 is 2.00 bits per heavy atom. The highest BCUT2D eigenvalue weighted by Crippen LogP contribution is 2.27. The number of aromatic nitrogens is 3. The lowest BCUT2D eigenvalue weighted by atomic mass is 10.1. The minimum absolute atomic E-state index is 0. The summed E-state index contributed by atoms with van der Waals surface area (Å²) < 4.78 is 2.23. The highest BCUT2D eigenvalue weighted by atomic mass is 35.5. The van der Waals surface area contributed by atoms with E-state index in [1.807, 2.05) is 26.1 Å². The van der Waals surface area contributed by atoms with Gasteiger partial charge in [-0.15, -0.1) is 35.0 Å². The Kier molecular flexibility index (Phi) is 9.77. The van der Waals surface area contributed by atoms with E-state index in [4.69, 9.17) is 0 Å². The molecule has 0 bridgehead atoms. The van der Waals surface area contributed by atoms with Crippen LogP contribution in [0.25, 0.3) is 11.4 Å². The van der Waals surface area contributed by atoms with Crippen molar-refractivity contribution in [1.29, 1.82) is 0 Å². The largest absolute Gasteiger partial charge is 0.326 e. The maximum Gasteiger partial charge on any atom is 0.224 e. The van der Waals surface area contributed by atoms with Crippen LogP contribution in [0, 0.1) is 6.92 Å². The summed E-state index contributed by atoms with van der Waals surface area (Å²) >= 11 is 0. The molecule has 1 aliphatic rings. The van der Waals surface area contributed by atoms with Crippen molar-refractivity contribution in [2.45, 2.75) is 52.0 Å². The lowest BCUT2D eigenvalue weighted by molar-refractivity contribution is -0.116. The van der Waals surface area contributed by atoms with Gasteiger partial charge >= 0.3 is 0 Å². The van der Waals surface area contributed by atoms with Gasteiger partial charge in [-0.05, 0) is 51.4 Å². The van der Waals surface area contributed by atoms with Crippen molar-refractivity contribution in [1.82, 2.24) is 20.1 Å². The van der Waals surface area contributed by atoms with Crippen LogP contribution in [-0.2, 0) is 17.8 Å². The molecule has 1 aromatic heterocycles. The van der Waals surface area contributed by atoms with Gasteiger partial charge in [0, 0.05) is 30.6 Å². The Morgan fingerprint density at radius 3 is 2.78 bits per heavy atom. The number of aryl methyl sites for hydroxylation is 2. The van der Waals surface area contributed by atoms with Gasteiger partial charge in [0.2, 0.25) is 5.91 Å². The van der Waals surface area contributed by atoms with Crippen LogP contribution in [0.2, 0.25) is 0 Å². The molecular formula is C19H29Cl2N5O. The van der Waals surface area contributed by atoms with Gasteiger partial charge in [-0.2, -0.15) is 0 Å². The summed E-state index contributed by atoms with van der Waals surface area (Å²) in [7, 11) is 1.90. The van der Waals surface area contributed by atoms with Crippen LogP contribution in [0.1, 0.15) is 43.5 Å². The molecule has 0 aliphatic carbocycles. The number of halogens is 2. The van der Waals surface area contributed by atoms with Gasteiger partial charge in [-0.3, -0.25) is 4.79 Å². The van der Waals surface area contributed by atoms with Gasteiger partial charge in [0.15, 0.2) is 5.82 Å². The molecule has 8 heteroatoms. The quantitative estimate of drug-likeness (QED) is 0.706. The molecule has 0 saturated heterocycles. The lowest BCUT2D eigenvalue weighted by Gasteiger charge is -2.12. The number of hydrogen-bond donors (Lipinski definition) is 2. The normalized spacial score (nSPS) is 13.0. The Morgan fingerprint density at radius 1 is 1.19 bits per heavy atom. The summed E-state index contributed by atoms with van der Waals surface area (Å²) in [4.78, 5) is 12.1. The lowest BCUT2D eigenvalue weighted by Crippen LogP contribution is -2.15. The van der Waals surface area contributed by atoms with Gasteiger partial charge in [0.1, 0.15) is 5.82 Å². The molecule has 0 spiro atoms. The van der Waals surface area contributed by atoms with Crippen molar-refractivity contribution < 1.29 is 4.79 Å². The summed E-state index contributed by atoms with van der Waals surface area (Å²) in [6.07, 6.45) is 5.93. The van der Waals surface area contributed by atoms with Crippen molar-refractivity contribution in [3.63, 3.8) is 0 Å². The summed E-state index contributed by atoms with van der Waals surface area (Å²) in [6, 6.07) is 6.12. The van der Waals surface area contributed by atoms with Crippen LogP contribution < -0.4 is 10.6 Å². The zero-order chi connectivity index (χ0) is 17.6. The summed E-state index contributed by atoms with van der Waals surface area (Å²) in [5, 5.41) is 14.9. The first-order valence-corrected chi connectivity index (χ1v) is 9.16. The van der Waals surface area contributed by atoms with Crippen LogP contribution >= 0.6 is 24.8 Å². The molecule has 1 aliphatic heterocycles. The zero-order valence-corrected chi connectivity index (χ0v) is 17.6. The fraction of sp³-hybridized carbons (Fsp3) is 0.526. The number of nitrogens with one attached hydrogen (secondary N) is 2. The van der Waals surface area contributed by atoms with E-state index in [0.29, 0.717) is 6.42 Å². The van der Waals surface area contributed by atoms with Crippen LogP contribution in [0.5, 0.6) is 0 Å². The molecular weight excluding hydrogens is 385 g/mol. The van der Waals surface area contributed by atoms with Crippen LogP contribution in [0.3, 0.4) is 0 Å². The average Bonchev–Trinajstić information content (AvgIpc) is 2.85. The minimum Gasteiger partial charge on any atom is -0.326 e. The fourth-order valence-electron chi connectivity index (χ4n) is 3.23. The number of fused-ring (bicyclic) bond motifs is 1. The van der Waals surface area contributed by atoms with Crippen LogP contribution in [0.4, 0.5) is 5.69 Å². The van der Waals surface area contributed by atoms with Crippen LogP contribution in [-0.4, -0.2) is 34.3 Å². The molecule has 2 heterocycles. The number of benzene rings is 1. The average molecular weight is 414 g/mol. The summed E-state index contributed by atoms with van der Waals surface area (Å²) in [5.41, 5.74) is 2.93. The second-order valence-electron chi connectivity index (χ2n) is 6.69. The van der Waals surface area contributed by atoms with Gasteiger partial charge in [-0.1, -0.05) is 18.6 Å². The molecule has 27 heavy (non-hydrogen) atoms. The highest BCUT2D eigenvalue weighted by Gasteiger charge is 2.17. The van der Waals surface area contributed by atoms with Crippen molar-refractivity contribution in [3.05, 3.63) is 29.6 Å². The third kappa shape index (κ3) is 5.92. The van der Waals surface area contributed by atoms with Crippen molar-refractivity contribution >= 4 is 36.4 Å². The summed E-state index contributed by atoms with van der Waals surface area (Å²) in [6.45, 7) is 3.83. The van der Waals surface area contributed by atoms with Gasteiger partial charge in [0.05, 0.1) is 0 Å². The maximum absolute atomic E-state index is 12.1. The molecule has 6 nitrogen and oxygen atoms in total. The van der Waals surface area contributed by atoms with E-state index < -0.39 is 0 Å². The van der Waals surface area contributed by atoms with Crippen molar-refractivity contribution in [2.75, 3.05) is 18.9 Å². The van der Waals surface area contributed by atoms with Gasteiger partial charge < -0.3 is 15.2 Å². The minimum atomic E-state index is 0.